The first kappa shape index (κ1) is 16.2. The van der Waals surface area contributed by atoms with Gasteiger partial charge in [0.1, 0.15) is 0 Å². The Hall–Kier alpha value is -1.64. The summed E-state index contributed by atoms with van der Waals surface area (Å²) in [6.07, 6.45) is 4.65. The van der Waals surface area contributed by atoms with Gasteiger partial charge in [-0.3, -0.25) is 0 Å². The summed E-state index contributed by atoms with van der Waals surface area (Å²) in [4.78, 5) is 0. The minimum Gasteiger partial charge on any atom is -0.330 e. The molecule has 1 heterocycles. The number of hydrogen-bond donors (Lipinski definition) is 2. The average Bonchev–Trinajstić information content (AvgIpc) is 2.65. The van der Waals surface area contributed by atoms with Crippen LogP contribution in [0.4, 0.5) is 0 Å². The number of rotatable bonds is 6. The van der Waals surface area contributed by atoms with Crippen molar-refractivity contribution < 1.29 is 0 Å². The van der Waals surface area contributed by atoms with Gasteiger partial charge in [-0.15, -0.1) is 0 Å². The molecule has 0 amide bonds. The lowest BCUT2D eigenvalue weighted by Crippen LogP contribution is -2.43. The van der Waals surface area contributed by atoms with E-state index in [0.717, 1.165) is 32.5 Å². The summed E-state index contributed by atoms with van der Waals surface area (Å²) in [6, 6.07) is 22.2. The lowest BCUT2D eigenvalue weighted by Gasteiger charge is -2.44. The predicted octanol–water partition coefficient (Wildman–Crippen LogP) is 3.71. The van der Waals surface area contributed by atoms with Crippen LogP contribution in [-0.4, -0.2) is 19.6 Å². The van der Waals surface area contributed by atoms with Crippen LogP contribution in [0.1, 0.15) is 36.8 Å². The number of nitrogens with two attached hydrogens (primary N) is 1. The Morgan fingerprint density at radius 3 is 1.87 bits per heavy atom. The molecular formula is C21H28N2. The molecule has 1 fully saturated rings. The lowest BCUT2D eigenvalue weighted by atomic mass is 9.61. The maximum Gasteiger partial charge on any atom is 0.0232 e. The van der Waals surface area contributed by atoms with Crippen LogP contribution in [-0.2, 0) is 5.41 Å². The Morgan fingerprint density at radius 2 is 1.39 bits per heavy atom. The van der Waals surface area contributed by atoms with Crippen molar-refractivity contribution in [1.29, 1.82) is 0 Å². The first-order valence-electron chi connectivity index (χ1n) is 8.90. The largest absolute Gasteiger partial charge is 0.330 e. The van der Waals surface area contributed by atoms with Gasteiger partial charge in [-0.05, 0) is 62.4 Å². The van der Waals surface area contributed by atoms with Crippen LogP contribution in [0.3, 0.4) is 0 Å². The second-order valence-corrected chi connectivity index (χ2v) is 6.62. The summed E-state index contributed by atoms with van der Waals surface area (Å²) >= 11 is 0. The summed E-state index contributed by atoms with van der Waals surface area (Å²) in [6.45, 7) is 3.00. The summed E-state index contributed by atoms with van der Waals surface area (Å²) in [5.74, 6) is 0.667. The van der Waals surface area contributed by atoms with E-state index in [1.807, 2.05) is 0 Å². The molecular weight excluding hydrogens is 280 g/mol. The second kappa shape index (κ2) is 7.76. The van der Waals surface area contributed by atoms with Gasteiger partial charge in [0.05, 0.1) is 0 Å². The van der Waals surface area contributed by atoms with Gasteiger partial charge in [0.25, 0.3) is 0 Å². The van der Waals surface area contributed by atoms with E-state index in [-0.39, 0.29) is 5.41 Å². The minimum absolute atomic E-state index is 0.0873. The molecule has 0 atom stereocenters. The van der Waals surface area contributed by atoms with Crippen molar-refractivity contribution in [3.05, 3.63) is 71.8 Å². The third-order valence-corrected chi connectivity index (χ3v) is 5.39. The molecule has 1 aliphatic rings. The highest BCUT2D eigenvalue weighted by Crippen LogP contribution is 2.46. The van der Waals surface area contributed by atoms with E-state index < -0.39 is 0 Å². The number of hydrogen-bond acceptors (Lipinski definition) is 2. The van der Waals surface area contributed by atoms with Gasteiger partial charge >= 0.3 is 0 Å². The normalized spacial score (nSPS) is 16.4. The molecule has 0 bridgehead atoms. The highest BCUT2D eigenvalue weighted by molar-refractivity contribution is 5.40. The van der Waals surface area contributed by atoms with Gasteiger partial charge in [-0.2, -0.15) is 0 Å². The van der Waals surface area contributed by atoms with Crippen molar-refractivity contribution >= 4 is 0 Å². The molecule has 0 spiro atoms. The molecule has 3 rings (SSSR count). The molecule has 2 heteroatoms. The van der Waals surface area contributed by atoms with E-state index in [2.05, 4.69) is 66.0 Å². The number of nitrogens with one attached hydrogen (secondary N) is 1. The highest BCUT2D eigenvalue weighted by Gasteiger charge is 2.41. The van der Waals surface area contributed by atoms with Crippen LogP contribution in [0.25, 0.3) is 0 Å². The van der Waals surface area contributed by atoms with E-state index in [1.54, 1.807) is 0 Å². The van der Waals surface area contributed by atoms with Gasteiger partial charge in [-0.1, -0.05) is 60.7 Å². The van der Waals surface area contributed by atoms with Crippen molar-refractivity contribution in [3.8, 4) is 0 Å². The first-order chi connectivity index (χ1) is 11.4. The summed E-state index contributed by atoms with van der Waals surface area (Å²) in [5, 5.41) is 3.52. The zero-order chi connectivity index (χ0) is 16.0. The van der Waals surface area contributed by atoms with E-state index in [4.69, 9.17) is 5.73 Å². The van der Waals surface area contributed by atoms with Crippen LogP contribution in [0.15, 0.2) is 60.7 Å². The predicted molar refractivity (Wildman–Crippen MR) is 97.5 cm³/mol. The van der Waals surface area contributed by atoms with Crippen molar-refractivity contribution in [2.45, 2.75) is 31.1 Å². The third kappa shape index (κ3) is 3.34. The van der Waals surface area contributed by atoms with Gasteiger partial charge in [0, 0.05) is 5.41 Å². The van der Waals surface area contributed by atoms with Gasteiger partial charge < -0.3 is 11.1 Å². The molecule has 2 nitrogen and oxygen atoms in total. The molecule has 0 aliphatic carbocycles. The Kier molecular flexibility index (Phi) is 5.47. The van der Waals surface area contributed by atoms with Crippen molar-refractivity contribution in [1.82, 2.24) is 5.32 Å². The maximum absolute atomic E-state index is 5.91. The Bertz CT molecular complexity index is 534. The zero-order valence-corrected chi connectivity index (χ0v) is 13.9. The van der Waals surface area contributed by atoms with Crippen LogP contribution in [0.5, 0.6) is 0 Å². The average molecular weight is 308 g/mol. The van der Waals surface area contributed by atoms with Crippen molar-refractivity contribution in [3.63, 3.8) is 0 Å². The molecule has 1 aliphatic heterocycles. The smallest absolute Gasteiger partial charge is 0.0232 e. The van der Waals surface area contributed by atoms with Gasteiger partial charge in [0.15, 0.2) is 0 Å². The number of benzene rings is 2. The molecule has 2 aromatic rings. The van der Waals surface area contributed by atoms with E-state index in [0.29, 0.717) is 5.92 Å². The van der Waals surface area contributed by atoms with E-state index in [1.165, 1.54) is 24.0 Å². The molecule has 122 valence electrons. The molecule has 0 saturated carbocycles. The van der Waals surface area contributed by atoms with Crippen LogP contribution in [0.2, 0.25) is 0 Å². The molecule has 3 N–H and O–H groups in total. The topological polar surface area (TPSA) is 38.0 Å². The van der Waals surface area contributed by atoms with Crippen LogP contribution < -0.4 is 11.1 Å². The van der Waals surface area contributed by atoms with E-state index >= 15 is 0 Å². The molecule has 0 radical (unpaired) electrons. The molecule has 0 aromatic heterocycles. The molecule has 1 saturated heterocycles. The standard InChI is InChI=1S/C21H28N2/c22-15-7-14-21(18-8-3-1-4-9-18,19-10-5-2-6-11-19)20-12-16-23-17-13-20/h1-6,8-11,20,23H,7,12-17,22H2. The first-order valence-corrected chi connectivity index (χ1v) is 8.90. The lowest BCUT2D eigenvalue weighted by molar-refractivity contribution is 0.232. The van der Waals surface area contributed by atoms with Crippen molar-refractivity contribution in [2.24, 2.45) is 11.7 Å². The fourth-order valence-corrected chi connectivity index (χ4v) is 4.30. The molecule has 0 unspecified atom stereocenters. The second-order valence-electron chi connectivity index (χ2n) is 6.62. The maximum atomic E-state index is 5.91. The number of piperidine rings is 1. The summed E-state index contributed by atoms with van der Waals surface area (Å²) in [7, 11) is 0. The van der Waals surface area contributed by atoms with Crippen LogP contribution >= 0.6 is 0 Å². The minimum atomic E-state index is 0.0873. The highest BCUT2D eigenvalue weighted by atomic mass is 14.9. The quantitative estimate of drug-likeness (QED) is 0.853. The van der Waals surface area contributed by atoms with Crippen molar-refractivity contribution in [2.75, 3.05) is 19.6 Å². The fraction of sp³-hybridized carbons (Fsp3) is 0.429. The van der Waals surface area contributed by atoms with Gasteiger partial charge in [-0.25, -0.2) is 0 Å². The SMILES string of the molecule is NCCCC(c1ccccc1)(c1ccccc1)C1CCNCC1. The van der Waals surface area contributed by atoms with Crippen LogP contribution in [0, 0.1) is 5.92 Å². The monoisotopic (exact) mass is 308 g/mol. The molecule has 23 heavy (non-hydrogen) atoms. The zero-order valence-electron chi connectivity index (χ0n) is 13.9. The Balaban J connectivity index is 2.11. The fourth-order valence-electron chi connectivity index (χ4n) is 4.30. The third-order valence-electron chi connectivity index (χ3n) is 5.39. The summed E-state index contributed by atoms with van der Waals surface area (Å²) < 4.78 is 0. The Labute approximate surface area is 140 Å². The van der Waals surface area contributed by atoms with Gasteiger partial charge in [0.2, 0.25) is 0 Å². The summed E-state index contributed by atoms with van der Waals surface area (Å²) in [5.41, 5.74) is 8.90. The van der Waals surface area contributed by atoms with E-state index in [9.17, 15) is 0 Å². The Morgan fingerprint density at radius 1 is 0.870 bits per heavy atom. The molecule has 2 aromatic carbocycles.